The SMILES string of the molecule is Cl.Cl.O=c1ccc2ccc(=O)n3[nH]nc1c23. The first-order valence-electron chi connectivity index (χ1n) is 4.10. The van der Waals surface area contributed by atoms with E-state index in [1.807, 2.05) is 0 Å². The number of aromatic amines is 1. The van der Waals surface area contributed by atoms with Gasteiger partial charge >= 0.3 is 0 Å². The summed E-state index contributed by atoms with van der Waals surface area (Å²) in [7, 11) is 0. The highest BCUT2D eigenvalue weighted by Crippen LogP contribution is 2.12. The number of nitrogens with one attached hydrogen (secondary N) is 1. The molecule has 0 atom stereocenters. The Balaban J connectivity index is 0.000000640. The molecule has 5 nitrogen and oxygen atoms in total. The van der Waals surface area contributed by atoms with Crippen LogP contribution in [-0.2, 0) is 0 Å². The van der Waals surface area contributed by atoms with Crippen LogP contribution >= 0.6 is 24.8 Å². The maximum Gasteiger partial charge on any atom is 0.271 e. The van der Waals surface area contributed by atoms with Crippen molar-refractivity contribution < 1.29 is 0 Å². The second kappa shape index (κ2) is 4.11. The largest absolute Gasteiger partial charge is 0.287 e. The van der Waals surface area contributed by atoms with Gasteiger partial charge in [0, 0.05) is 11.5 Å². The lowest BCUT2D eigenvalue weighted by molar-refractivity contribution is 0.835. The molecule has 0 spiro atoms. The van der Waals surface area contributed by atoms with Crippen LogP contribution in [0.2, 0.25) is 0 Å². The van der Waals surface area contributed by atoms with Crippen LogP contribution in [0.25, 0.3) is 16.4 Å². The second-order valence-corrected chi connectivity index (χ2v) is 3.07. The molecule has 0 fully saturated rings. The summed E-state index contributed by atoms with van der Waals surface area (Å²) < 4.78 is 1.27. The lowest BCUT2D eigenvalue weighted by Crippen LogP contribution is -2.12. The van der Waals surface area contributed by atoms with Gasteiger partial charge in [-0.25, -0.2) is 9.73 Å². The molecule has 1 aromatic carbocycles. The van der Waals surface area contributed by atoms with Gasteiger partial charge in [-0.2, -0.15) is 5.10 Å². The molecule has 1 N–H and O–H groups in total. The van der Waals surface area contributed by atoms with E-state index in [2.05, 4.69) is 10.3 Å². The quantitative estimate of drug-likeness (QED) is 0.650. The second-order valence-electron chi connectivity index (χ2n) is 3.07. The Bertz CT molecular complexity index is 675. The molecular weight excluding hydrogens is 253 g/mol. The average Bonchev–Trinajstić information content (AvgIpc) is 2.62. The average molecular weight is 260 g/mol. The minimum absolute atomic E-state index is 0. The maximum absolute atomic E-state index is 11.4. The monoisotopic (exact) mass is 259 g/mol. The van der Waals surface area contributed by atoms with Crippen LogP contribution in [0.15, 0.2) is 33.9 Å². The summed E-state index contributed by atoms with van der Waals surface area (Å²) >= 11 is 0. The van der Waals surface area contributed by atoms with Gasteiger partial charge in [0.15, 0.2) is 5.52 Å². The molecule has 7 heteroatoms. The standard InChI is InChI=1S/C9H5N3O2.2ClH/c13-6-3-1-5-2-4-7(14)12-9(5)8(6)10-11-12;;/h1-4,11H;2*1H. The van der Waals surface area contributed by atoms with Crippen LogP contribution in [-0.4, -0.2) is 14.8 Å². The molecule has 0 aliphatic heterocycles. The zero-order valence-corrected chi connectivity index (χ0v) is 9.47. The lowest BCUT2D eigenvalue weighted by atomic mass is 10.2. The lowest BCUT2D eigenvalue weighted by Gasteiger charge is -1.94. The smallest absolute Gasteiger partial charge is 0.271 e. The van der Waals surface area contributed by atoms with Crippen LogP contribution in [0.5, 0.6) is 0 Å². The van der Waals surface area contributed by atoms with Gasteiger partial charge in [-0.15, -0.1) is 24.8 Å². The number of pyridine rings is 1. The molecule has 16 heavy (non-hydrogen) atoms. The normalized spacial score (nSPS) is 10.0. The first-order valence-corrected chi connectivity index (χ1v) is 4.10. The molecule has 2 heterocycles. The van der Waals surface area contributed by atoms with Crippen molar-refractivity contribution in [2.45, 2.75) is 0 Å². The molecule has 84 valence electrons. The van der Waals surface area contributed by atoms with Gasteiger partial charge in [0.05, 0.1) is 0 Å². The summed E-state index contributed by atoms with van der Waals surface area (Å²) in [5.74, 6) is 0. The van der Waals surface area contributed by atoms with Gasteiger partial charge in [0.1, 0.15) is 5.52 Å². The summed E-state index contributed by atoms with van der Waals surface area (Å²) in [5, 5.41) is 7.14. The Hall–Kier alpha value is -1.59. The summed E-state index contributed by atoms with van der Waals surface area (Å²) in [6, 6.07) is 6.24. The third kappa shape index (κ3) is 1.45. The van der Waals surface area contributed by atoms with Crippen LogP contribution in [0.3, 0.4) is 0 Å². The molecule has 0 aliphatic rings. The number of aromatic nitrogens is 3. The summed E-state index contributed by atoms with van der Waals surface area (Å²) in [5.41, 5.74) is 0.470. The van der Waals surface area contributed by atoms with Crippen molar-refractivity contribution in [2.75, 3.05) is 0 Å². The van der Waals surface area contributed by atoms with Gasteiger partial charge in [-0.1, -0.05) is 0 Å². The van der Waals surface area contributed by atoms with Crippen molar-refractivity contribution in [3.8, 4) is 0 Å². The molecular formula is C9H7Cl2N3O2. The Labute approximate surface area is 101 Å². The minimum atomic E-state index is -0.217. The fourth-order valence-corrected chi connectivity index (χ4v) is 1.60. The van der Waals surface area contributed by atoms with Crippen molar-refractivity contribution in [1.82, 2.24) is 14.8 Å². The van der Waals surface area contributed by atoms with E-state index >= 15 is 0 Å². The molecule has 0 radical (unpaired) electrons. The van der Waals surface area contributed by atoms with Crippen molar-refractivity contribution in [2.24, 2.45) is 0 Å². The number of hydrogen-bond acceptors (Lipinski definition) is 3. The molecule has 0 saturated carbocycles. The van der Waals surface area contributed by atoms with Crippen LogP contribution in [0, 0.1) is 0 Å². The Kier molecular flexibility index (Phi) is 3.21. The highest BCUT2D eigenvalue weighted by atomic mass is 35.5. The third-order valence-corrected chi connectivity index (χ3v) is 2.26. The fraction of sp³-hybridized carbons (Fsp3) is 0. The molecule has 3 aromatic rings. The summed E-state index contributed by atoms with van der Waals surface area (Å²) in [6.07, 6.45) is 0. The Morgan fingerprint density at radius 1 is 1.06 bits per heavy atom. The van der Waals surface area contributed by atoms with E-state index in [9.17, 15) is 9.59 Å². The van der Waals surface area contributed by atoms with Gasteiger partial charge in [0.2, 0.25) is 5.43 Å². The van der Waals surface area contributed by atoms with E-state index in [0.29, 0.717) is 11.0 Å². The summed E-state index contributed by atoms with van der Waals surface area (Å²) in [6.45, 7) is 0. The van der Waals surface area contributed by atoms with Crippen LogP contribution < -0.4 is 11.0 Å². The fourth-order valence-electron chi connectivity index (χ4n) is 1.60. The predicted molar refractivity (Wildman–Crippen MR) is 65.3 cm³/mol. The number of nitrogens with zero attached hydrogens (tertiary/aromatic N) is 2. The Morgan fingerprint density at radius 2 is 1.75 bits per heavy atom. The highest BCUT2D eigenvalue weighted by molar-refractivity contribution is 5.92. The van der Waals surface area contributed by atoms with Crippen molar-refractivity contribution in [1.29, 1.82) is 0 Å². The van der Waals surface area contributed by atoms with Gasteiger partial charge in [0.25, 0.3) is 5.56 Å². The van der Waals surface area contributed by atoms with Gasteiger partial charge < -0.3 is 0 Å². The van der Waals surface area contributed by atoms with E-state index in [-0.39, 0.29) is 35.8 Å². The zero-order valence-electron chi connectivity index (χ0n) is 7.84. The number of rotatable bonds is 0. The van der Waals surface area contributed by atoms with Gasteiger partial charge in [-0.05, 0) is 18.2 Å². The molecule has 0 aliphatic carbocycles. The maximum atomic E-state index is 11.4. The van der Waals surface area contributed by atoms with Crippen molar-refractivity contribution in [3.05, 3.63) is 44.8 Å². The third-order valence-electron chi connectivity index (χ3n) is 2.26. The predicted octanol–water partition coefficient (Wildman–Crippen LogP) is 0.817. The molecule has 0 amide bonds. The number of H-pyrrole nitrogens is 1. The van der Waals surface area contributed by atoms with E-state index in [1.165, 1.54) is 16.6 Å². The topological polar surface area (TPSA) is 67.2 Å². The molecule has 0 saturated heterocycles. The van der Waals surface area contributed by atoms with Crippen LogP contribution in [0.1, 0.15) is 0 Å². The van der Waals surface area contributed by atoms with Crippen LogP contribution in [0.4, 0.5) is 0 Å². The number of halogens is 2. The zero-order chi connectivity index (χ0) is 9.71. The highest BCUT2D eigenvalue weighted by Gasteiger charge is 2.08. The van der Waals surface area contributed by atoms with Crippen molar-refractivity contribution >= 4 is 41.2 Å². The molecule has 0 bridgehead atoms. The number of hydrogen-bond donors (Lipinski definition) is 1. The first kappa shape index (κ1) is 12.5. The van der Waals surface area contributed by atoms with Crippen molar-refractivity contribution in [3.63, 3.8) is 0 Å². The molecule has 2 aromatic heterocycles. The molecule has 3 rings (SSSR count). The number of benzene rings is 1. The van der Waals surface area contributed by atoms with E-state index < -0.39 is 0 Å². The van der Waals surface area contributed by atoms with Gasteiger partial charge in [-0.3, -0.25) is 9.59 Å². The van der Waals surface area contributed by atoms with E-state index in [4.69, 9.17) is 0 Å². The minimum Gasteiger partial charge on any atom is -0.287 e. The molecule has 0 unspecified atom stereocenters. The summed E-state index contributed by atoms with van der Waals surface area (Å²) in [4.78, 5) is 22.7. The first-order chi connectivity index (χ1) is 6.77. The van der Waals surface area contributed by atoms with E-state index in [0.717, 1.165) is 5.39 Å². The Morgan fingerprint density at radius 3 is 2.50 bits per heavy atom. The van der Waals surface area contributed by atoms with E-state index in [1.54, 1.807) is 12.1 Å².